The van der Waals surface area contributed by atoms with Crippen LogP contribution >= 0.6 is 15.9 Å². The Morgan fingerprint density at radius 2 is 1.85 bits per heavy atom. The van der Waals surface area contributed by atoms with Crippen LogP contribution in [0, 0.1) is 24.0 Å². The summed E-state index contributed by atoms with van der Waals surface area (Å²) in [6, 6.07) is 10.9. The average Bonchev–Trinajstić information content (AvgIpc) is 2.36. The van der Waals surface area contributed by atoms with Crippen LogP contribution in [0.4, 0.5) is 5.69 Å². The van der Waals surface area contributed by atoms with Gasteiger partial charge in [-0.3, -0.25) is 10.1 Å². The van der Waals surface area contributed by atoms with Gasteiger partial charge >= 0.3 is 0 Å². The second-order valence-electron chi connectivity index (χ2n) is 4.62. The smallest absolute Gasteiger partial charge is 0.283 e. The van der Waals surface area contributed by atoms with Crippen LogP contribution in [0.5, 0.6) is 5.75 Å². The van der Waals surface area contributed by atoms with Crippen molar-refractivity contribution in [2.75, 3.05) is 0 Å². The van der Waals surface area contributed by atoms with Gasteiger partial charge in [-0.2, -0.15) is 0 Å². The van der Waals surface area contributed by atoms with Gasteiger partial charge in [-0.1, -0.05) is 18.2 Å². The van der Waals surface area contributed by atoms with Crippen molar-refractivity contribution >= 4 is 21.6 Å². The van der Waals surface area contributed by atoms with E-state index in [1.807, 2.05) is 26.0 Å². The van der Waals surface area contributed by atoms with E-state index in [-0.39, 0.29) is 12.3 Å². The van der Waals surface area contributed by atoms with Gasteiger partial charge in [-0.25, -0.2) is 0 Å². The summed E-state index contributed by atoms with van der Waals surface area (Å²) in [6.07, 6.45) is 0. The molecule has 0 N–H and O–H groups in total. The summed E-state index contributed by atoms with van der Waals surface area (Å²) in [5.74, 6) is 0.765. The summed E-state index contributed by atoms with van der Waals surface area (Å²) >= 11 is 3.26. The zero-order valence-electron chi connectivity index (χ0n) is 11.2. The molecule has 0 fully saturated rings. The fourth-order valence-electron chi connectivity index (χ4n) is 2.00. The number of halogens is 1. The molecule has 2 rings (SSSR count). The van der Waals surface area contributed by atoms with Crippen molar-refractivity contribution in [1.82, 2.24) is 0 Å². The van der Waals surface area contributed by atoms with Gasteiger partial charge in [0.15, 0.2) is 0 Å². The van der Waals surface area contributed by atoms with Crippen LogP contribution in [-0.4, -0.2) is 4.92 Å². The van der Waals surface area contributed by atoms with Crippen LogP contribution in [0.15, 0.2) is 40.9 Å². The Labute approximate surface area is 125 Å². The molecular formula is C15H14BrNO3. The van der Waals surface area contributed by atoms with Crippen molar-refractivity contribution in [1.29, 1.82) is 0 Å². The van der Waals surface area contributed by atoms with Crippen molar-refractivity contribution in [2.45, 2.75) is 20.5 Å². The van der Waals surface area contributed by atoms with Crippen LogP contribution in [0.25, 0.3) is 0 Å². The standard InChI is InChI=1S/C15H14BrNO3/c1-10-6-11(2)8-13(7-10)20-9-12-4-3-5-14(15(12)16)17(18)19/h3-8H,9H2,1-2H3. The van der Waals surface area contributed by atoms with Crippen molar-refractivity contribution in [3.8, 4) is 5.75 Å². The zero-order valence-corrected chi connectivity index (χ0v) is 12.8. The number of nitro groups is 1. The predicted octanol–water partition coefficient (Wildman–Crippen LogP) is 4.55. The van der Waals surface area contributed by atoms with Crippen molar-refractivity contribution in [3.05, 3.63) is 67.7 Å². The molecule has 0 aliphatic carbocycles. The van der Waals surface area contributed by atoms with Gasteiger partial charge in [0, 0.05) is 11.6 Å². The topological polar surface area (TPSA) is 52.4 Å². The molecule has 0 bridgehead atoms. The number of benzene rings is 2. The highest BCUT2D eigenvalue weighted by atomic mass is 79.9. The van der Waals surface area contributed by atoms with E-state index in [0.29, 0.717) is 4.47 Å². The van der Waals surface area contributed by atoms with Gasteiger partial charge in [0.05, 0.1) is 4.92 Å². The van der Waals surface area contributed by atoms with Crippen LogP contribution in [-0.2, 0) is 6.61 Å². The Bertz CT molecular complexity index is 635. The van der Waals surface area contributed by atoms with Gasteiger partial charge in [0.1, 0.15) is 16.8 Å². The molecule has 0 radical (unpaired) electrons. The number of hydrogen-bond donors (Lipinski definition) is 0. The van der Waals surface area contributed by atoms with Gasteiger partial charge < -0.3 is 4.74 Å². The lowest BCUT2D eigenvalue weighted by Crippen LogP contribution is -1.99. The first-order valence-corrected chi connectivity index (χ1v) is 6.89. The third-order valence-corrected chi connectivity index (χ3v) is 3.76. The quantitative estimate of drug-likeness (QED) is 0.608. The third-order valence-electron chi connectivity index (χ3n) is 2.84. The maximum Gasteiger partial charge on any atom is 0.283 e. The first-order chi connectivity index (χ1) is 9.47. The highest BCUT2D eigenvalue weighted by Gasteiger charge is 2.15. The van der Waals surface area contributed by atoms with Crippen molar-refractivity contribution < 1.29 is 9.66 Å². The molecule has 0 aliphatic heterocycles. The molecule has 5 heteroatoms. The molecule has 0 amide bonds. The van der Waals surface area contributed by atoms with Crippen LogP contribution < -0.4 is 4.74 Å². The summed E-state index contributed by atoms with van der Waals surface area (Å²) in [7, 11) is 0. The number of ether oxygens (including phenoxy) is 1. The maximum atomic E-state index is 10.9. The summed E-state index contributed by atoms with van der Waals surface area (Å²) in [5.41, 5.74) is 3.04. The number of nitrogens with zero attached hydrogens (tertiary/aromatic N) is 1. The highest BCUT2D eigenvalue weighted by molar-refractivity contribution is 9.10. The lowest BCUT2D eigenvalue weighted by atomic mass is 10.1. The summed E-state index contributed by atoms with van der Waals surface area (Å²) in [6.45, 7) is 4.29. The molecule has 20 heavy (non-hydrogen) atoms. The minimum Gasteiger partial charge on any atom is -0.489 e. The normalized spacial score (nSPS) is 10.3. The monoisotopic (exact) mass is 335 g/mol. The predicted molar refractivity (Wildman–Crippen MR) is 81.0 cm³/mol. The molecular weight excluding hydrogens is 322 g/mol. The molecule has 0 unspecified atom stereocenters. The maximum absolute atomic E-state index is 10.9. The number of aryl methyl sites for hydroxylation is 2. The van der Waals surface area contributed by atoms with Crippen molar-refractivity contribution in [2.24, 2.45) is 0 Å². The van der Waals surface area contributed by atoms with E-state index in [9.17, 15) is 10.1 Å². The largest absolute Gasteiger partial charge is 0.489 e. The van der Waals surface area contributed by atoms with E-state index in [1.165, 1.54) is 6.07 Å². The zero-order chi connectivity index (χ0) is 14.7. The molecule has 0 aromatic heterocycles. The van der Waals surface area contributed by atoms with Crippen LogP contribution in [0.2, 0.25) is 0 Å². The summed E-state index contributed by atoms with van der Waals surface area (Å²) in [4.78, 5) is 10.5. The Kier molecular flexibility index (Phi) is 4.39. The first-order valence-electron chi connectivity index (χ1n) is 6.10. The second-order valence-corrected chi connectivity index (χ2v) is 5.41. The summed E-state index contributed by atoms with van der Waals surface area (Å²) < 4.78 is 6.18. The lowest BCUT2D eigenvalue weighted by molar-refractivity contribution is -0.385. The molecule has 0 heterocycles. The Balaban J connectivity index is 2.19. The molecule has 2 aromatic rings. The molecule has 0 aliphatic rings. The molecule has 0 spiro atoms. The minimum atomic E-state index is -0.412. The average molecular weight is 336 g/mol. The van der Waals surface area contributed by atoms with E-state index in [0.717, 1.165) is 22.4 Å². The molecule has 4 nitrogen and oxygen atoms in total. The Hall–Kier alpha value is -1.88. The number of nitro benzene ring substituents is 1. The molecule has 0 saturated carbocycles. The molecule has 104 valence electrons. The van der Waals surface area contributed by atoms with E-state index in [4.69, 9.17) is 4.74 Å². The Morgan fingerprint density at radius 3 is 2.45 bits per heavy atom. The van der Waals surface area contributed by atoms with Gasteiger partial charge in [-0.05, 0) is 53.0 Å². The molecule has 2 aromatic carbocycles. The number of hydrogen-bond acceptors (Lipinski definition) is 3. The number of rotatable bonds is 4. The van der Waals surface area contributed by atoms with Crippen LogP contribution in [0.1, 0.15) is 16.7 Å². The van der Waals surface area contributed by atoms with E-state index >= 15 is 0 Å². The SMILES string of the molecule is Cc1cc(C)cc(OCc2cccc([N+](=O)[O-])c2Br)c1. The lowest BCUT2D eigenvalue weighted by Gasteiger charge is -2.09. The van der Waals surface area contributed by atoms with Gasteiger partial charge in [0.2, 0.25) is 0 Å². The third kappa shape index (κ3) is 3.36. The fourth-order valence-corrected chi connectivity index (χ4v) is 2.52. The first kappa shape index (κ1) is 14.5. The Morgan fingerprint density at radius 1 is 1.20 bits per heavy atom. The second kappa shape index (κ2) is 6.05. The molecule has 0 atom stereocenters. The van der Waals surface area contributed by atoms with E-state index < -0.39 is 4.92 Å². The van der Waals surface area contributed by atoms with E-state index in [1.54, 1.807) is 12.1 Å². The van der Waals surface area contributed by atoms with Crippen molar-refractivity contribution in [3.63, 3.8) is 0 Å². The summed E-state index contributed by atoms with van der Waals surface area (Å²) in [5, 5.41) is 10.9. The fraction of sp³-hybridized carbons (Fsp3) is 0.200. The molecule has 0 saturated heterocycles. The minimum absolute atomic E-state index is 0.0477. The highest BCUT2D eigenvalue weighted by Crippen LogP contribution is 2.29. The van der Waals surface area contributed by atoms with Gasteiger partial charge in [0.25, 0.3) is 5.69 Å². The van der Waals surface area contributed by atoms with Gasteiger partial charge in [-0.15, -0.1) is 0 Å². The van der Waals surface area contributed by atoms with E-state index in [2.05, 4.69) is 22.0 Å². The van der Waals surface area contributed by atoms with Crippen LogP contribution in [0.3, 0.4) is 0 Å².